The van der Waals surface area contributed by atoms with Gasteiger partial charge in [0.05, 0.1) is 17.6 Å². The normalized spacial score (nSPS) is 17.3. The van der Waals surface area contributed by atoms with Crippen molar-refractivity contribution >= 4 is 15.9 Å². The van der Waals surface area contributed by atoms with Crippen LogP contribution in [0.25, 0.3) is 0 Å². The molecule has 4 rings (SSSR count). The molecule has 1 heterocycles. The summed E-state index contributed by atoms with van der Waals surface area (Å²) < 4.78 is 34.4. The van der Waals surface area contributed by atoms with E-state index in [-0.39, 0.29) is 22.4 Å². The van der Waals surface area contributed by atoms with E-state index in [4.69, 9.17) is 4.74 Å². The summed E-state index contributed by atoms with van der Waals surface area (Å²) in [6.45, 7) is 3.22. The fourth-order valence-electron chi connectivity index (χ4n) is 4.50. The molecule has 0 spiro atoms. The predicted octanol–water partition coefficient (Wildman–Crippen LogP) is 3.85. The zero-order chi connectivity index (χ0) is 22.0. The number of amides is 1. The number of hydrogen-bond acceptors (Lipinski definition) is 4. The molecule has 0 radical (unpaired) electrons. The summed E-state index contributed by atoms with van der Waals surface area (Å²) in [6.07, 6.45) is 6.46. The standard InChI is InChI=1S/C24H30N2O4S/c1-17(19-10-9-18-7-3-4-8-20(18)15-19)25-31(28,29)21-11-12-23(30-2)22(16-21)24(27)26-13-5-6-14-26/h9-12,15-17,25H,3-8,13-14H2,1-2H3. The van der Waals surface area contributed by atoms with Crippen molar-refractivity contribution < 1.29 is 17.9 Å². The number of fused-ring (bicyclic) bond motifs is 1. The topological polar surface area (TPSA) is 75.7 Å². The number of nitrogens with zero attached hydrogens (tertiary/aromatic N) is 1. The van der Waals surface area contributed by atoms with Crippen molar-refractivity contribution in [3.8, 4) is 5.75 Å². The molecule has 1 aliphatic carbocycles. The third-order valence-electron chi connectivity index (χ3n) is 6.31. The lowest BCUT2D eigenvalue weighted by molar-refractivity contribution is 0.0789. The van der Waals surface area contributed by atoms with Crippen LogP contribution < -0.4 is 9.46 Å². The fourth-order valence-corrected chi connectivity index (χ4v) is 5.76. The second-order valence-electron chi connectivity index (χ2n) is 8.44. The molecule has 6 nitrogen and oxygen atoms in total. The van der Waals surface area contributed by atoms with Gasteiger partial charge in [-0.1, -0.05) is 18.2 Å². The van der Waals surface area contributed by atoms with Crippen LogP contribution in [0.15, 0.2) is 41.3 Å². The van der Waals surface area contributed by atoms with Crippen molar-refractivity contribution in [2.24, 2.45) is 0 Å². The van der Waals surface area contributed by atoms with Crippen molar-refractivity contribution in [3.05, 3.63) is 58.7 Å². The Morgan fingerprint density at radius 2 is 1.71 bits per heavy atom. The number of benzene rings is 2. The van der Waals surface area contributed by atoms with Gasteiger partial charge in [-0.05, 0) is 80.3 Å². The number of hydrogen-bond donors (Lipinski definition) is 1. The summed E-state index contributed by atoms with van der Waals surface area (Å²) in [4.78, 5) is 14.7. The number of likely N-dealkylation sites (tertiary alicyclic amines) is 1. The largest absolute Gasteiger partial charge is 0.496 e. The first-order chi connectivity index (χ1) is 14.9. The highest BCUT2D eigenvalue weighted by molar-refractivity contribution is 7.89. The molecule has 1 aliphatic heterocycles. The first-order valence-electron chi connectivity index (χ1n) is 11.0. The molecule has 0 saturated carbocycles. The number of sulfonamides is 1. The zero-order valence-corrected chi connectivity index (χ0v) is 19.0. The third-order valence-corrected chi connectivity index (χ3v) is 7.85. The molecular weight excluding hydrogens is 412 g/mol. The van der Waals surface area contributed by atoms with Crippen LogP contribution in [0.1, 0.15) is 65.7 Å². The number of methoxy groups -OCH3 is 1. The maximum absolute atomic E-state index is 13.1. The maximum atomic E-state index is 13.1. The van der Waals surface area contributed by atoms with E-state index in [1.807, 2.05) is 13.0 Å². The van der Waals surface area contributed by atoms with Crippen molar-refractivity contribution in [2.75, 3.05) is 20.2 Å². The minimum Gasteiger partial charge on any atom is -0.496 e. The number of carbonyl (C=O) groups excluding carboxylic acids is 1. The van der Waals surface area contributed by atoms with E-state index < -0.39 is 10.0 Å². The van der Waals surface area contributed by atoms with Crippen LogP contribution in [0.3, 0.4) is 0 Å². The van der Waals surface area contributed by atoms with Gasteiger partial charge in [0.1, 0.15) is 5.75 Å². The quantitative estimate of drug-likeness (QED) is 0.737. The van der Waals surface area contributed by atoms with E-state index in [9.17, 15) is 13.2 Å². The highest BCUT2D eigenvalue weighted by Gasteiger charge is 2.26. The molecule has 2 aromatic carbocycles. The summed E-state index contributed by atoms with van der Waals surface area (Å²) in [6, 6.07) is 10.3. The summed E-state index contributed by atoms with van der Waals surface area (Å²) in [5, 5.41) is 0. The van der Waals surface area contributed by atoms with Crippen LogP contribution in [0, 0.1) is 0 Å². The van der Waals surface area contributed by atoms with Crippen LogP contribution in [-0.2, 0) is 22.9 Å². The number of ether oxygens (including phenoxy) is 1. The molecular formula is C24H30N2O4S. The summed E-state index contributed by atoms with van der Waals surface area (Å²) in [5.74, 6) is 0.202. The molecule has 1 atom stereocenters. The van der Waals surface area contributed by atoms with Crippen LogP contribution in [0.4, 0.5) is 0 Å². The average molecular weight is 443 g/mol. The van der Waals surface area contributed by atoms with Gasteiger partial charge in [0.15, 0.2) is 0 Å². The molecule has 2 aliphatic rings. The fraction of sp³-hybridized carbons (Fsp3) is 0.458. The van der Waals surface area contributed by atoms with Gasteiger partial charge in [0.2, 0.25) is 10.0 Å². The van der Waals surface area contributed by atoms with Gasteiger partial charge in [-0.15, -0.1) is 0 Å². The molecule has 0 bridgehead atoms. The van der Waals surface area contributed by atoms with Gasteiger partial charge in [0.25, 0.3) is 5.91 Å². The number of carbonyl (C=O) groups is 1. The Balaban J connectivity index is 1.58. The molecule has 31 heavy (non-hydrogen) atoms. The van der Waals surface area contributed by atoms with Crippen molar-refractivity contribution in [1.82, 2.24) is 9.62 Å². The smallest absolute Gasteiger partial charge is 0.257 e. The second-order valence-corrected chi connectivity index (χ2v) is 10.2. The molecule has 2 aromatic rings. The van der Waals surface area contributed by atoms with E-state index in [2.05, 4.69) is 16.9 Å². The van der Waals surface area contributed by atoms with Crippen LogP contribution in [0.2, 0.25) is 0 Å². The summed E-state index contributed by atoms with van der Waals surface area (Å²) in [5.41, 5.74) is 3.92. The second kappa shape index (κ2) is 9.01. The first-order valence-corrected chi connectivity index (χ1v) is 12.5. The number of rotatable bonds is 6. The van der Waals surface area contributed by atoms with E-state index in [1.54, 1.807) is 11.0 Å². The molecule has 1 amide bonds. The van der Waals surface area contributed by atoms with E-state index in [0.29, 0.717) is 18.8 Å². The highest BCUT2D eigenvalue weighted by atomic mass is 32.2. The minimum atomic E-state index is -3.81. The Morgan fingerprint density at radius 3 is 2.42 bits per heavy atom. The zero-order valence-electron chi connectivity index (χ0n) is 18.2. The molecule has 1 N–H and O–H groups in total. The van der Waals surface area contributed by atoms with Gasteiger partial charge < -0.3 is 9.64 Å². The van der Waals surface area contributed by atoms with Gasteiger partial charge in [0, 0.05) is 19.1 Å². The number of nitrogens with one attached hydrogen (secondary N) is 1. The molecule has 1 unspecified atom stereocenters. The van der Waals surface area contributed by atoms with Crippen LogP contribution >= 0.6 is 0 Å². The monoisotopic (exact) mass is 442 g/mol. The SMILES string of the molecule is COc1ccc(S(=O)(=O)NC(C)c2ccc3c(c2)CCCC3)cc1C(=O)N1CCCC1. The first kappa shape index (κ1) is 21.8. The van der Waals surface area contributed by atoms with E-state index in [0.717, 1.165) is 31.2 Å². The molecule has 0 aromatic heterocycles. The third kappa shape index (κ3) is 4.62. The Labute approximate surface area is 184 Å². The van der Waals surface area contributed by atoms with Gasteiger partial charge in [-0.25, -0.2) is 13.1 Å². The lowest BCUT2D eigenvalue weighted by Gasteiger charge is -2.21. The van der Waals surface area contributed by atoms with Crippen LogP contribution in [-0.4, -0.2) is 39.4 Å². The Morgan fingerprint density at radius 1 is 1.00 bits per heavy atom. The van der Waals surface area contributed by atoms with Crippen LogP contribution in [0.5, 0.6) is 5.75 Å². The Hall–Kier alpha value is -2.38. The Bertz CT molecular complexity index is 1070. The van der Waals surface area contributed by atoms with Gasteiger partial charge >= 0.3 is 0 Å². The van der Waals surface area contributed by atoms with Crippen molar-refractivity contribution in [2.45, 2.75) is 56.4 Å². The highest BCUT2D eigenvalue weighted by Crippen LogP contribution is 2.28. The van der Waals surface area contributed by atoms with Gasteiger partial charge in [-0.3, -0.25) is 4.79 Å². The number of aryl methyl sites for hydroxylation is 2. The van der Waals surface area contributed by atoms with Crippen molar-refractivity contribution in [3.63, 3.8) is 0 Å². The van der Waals surface area contributed by atoms with E-state index in [1.165, 1.54) is 43.2 Å². The summed E-state index contributed by atoms with van der Waals surface area (Å²) in [7, 11) is -2.32. The maximum Gasteiger partial charge on any atom is 0.257 e. The average Bonchev–Trinajstić information content (AvgIpc) is 3.32. The van der Waals surface area contributed by atoms with E-state index >= 15 is 0 Å². The molecule has 1 saturated heterocycles. The predicted molar refractivity (Wildman–Crippen MR) is 120 cm³/mol. The Kier molecular flexibility index (Phi) is 6.34. The van der Waals surface area contributed by atoms with Crippen molar-refractivity contribution in [1.29, 1.82) is 0 Å². The molecule has 7 heteroatoms. The lowest BCUT2D eigenvalue weighted by Crippen LogP contribution is -2.29. The lowest BCUT2D eigenvalue weighted by atomic mass is 9.89. The summed E-state index contributed by atoms with van der Waals surface area (Å²) >= 11 is 0. The minimum absolute atomic E-state index is 0.0701. The van der Waals surface area contributed by atoms with Gasteiger partial charge in [-0.2, -0.15) is 0 Å². The molecule has 1 fully saturated rings. The molecule has 166 valence electrons.